The third-order valence-electron chi connectivity index (χ3n) is 5.54. The number of nitrogens with zero attached hydrogens (tertiary/aromatic N) is 2. The number of ether oxygens (including phenoxy) is 2. The van der Waals surface area contributed by atoms with Crippen LogP contribution in [0.5, 0.6) is 11.6 Å². The van der Waals surface area contributed by atoms with Gasteiger partial charge in [-0.25, -0.2) is 22.2 Å². The molecule has 0 saturated carbocycles. The van der Waals surface area contributed by atoms with Crippen molar-refractivity contribution in [3.05, 3.63) is 66.1 Å². The third-order valence-corrected chi connectivity index (χ3v) is 7.84. The normalized spacial score (nSPS) is 27.9. The monoisotopic (exact) mass is 437 g/mol. The van der Waals surface area contributed by atoms with E-state index in [1.807, 2.05) is 0 Å². The van der Waals surface area contributed by atoms with Gasteiger partial charge in [-0.2, -0.15) is 0 Å². The lowest BCUT2D eigenvalue weighted by atomic mass is 9.82. The summed E-state index contributed by atoms with van der Waals surface area (Å²) in [6, 6.07) is 6.42. The maximum Gasteiger partial charge on any atom is 0.255 e. The minimum Gasteiger partial charge on any atom is -0.436 e. The summed E-state index contributed by atoms with van der Waals surface area (Å²) in [5, 5.41) is 2.06. The van der Waals surface area contributed by atoms with Crippen LogP contribution in [0.4, 0.5) is 8.78 Å². The second-order valence-electron chi connectivity index (χ2n) is 7.44. The minimum atomic E-state index is -3.83. The molecule has 2 aromatic rings. The summed E-state index contributed by atoms with van der Waals surface area (Å²) < 4.78 is 67.6. The Bertz CT molecular complexity index is 1110. The van der Waals surface area contributed by atoms with Gasteiger partial charge in [-0.3, -0.25) is 4.31 Å². The van der Waals surface area contributed by atoms with Crippen LogP contribution in [-0.2, 0) is 20.3 Å². The molecule has 3 heterocycles. The molecule has 0 radical (unpaired) electrons. The standard InChI is InChI=1S/C20H21F2N3O4S/c1-12-9-18-20(11-28-12,24-13(2)25(3)30(18,26)27)15-10-14(6-7-16(15)21)29-19-17(22)5-4-8-23-19/h4-8,10,12,18,24H,2,9,11H2,1,3H3/t12-,18+,20+/m0/s1. The number of rotatable bonds is 3. The molecular formula is C20H21F2N3O4S. The molecule has 0 aliphatic carbocycles. The Labute approximate surface area is 173 Å². The highest BCUT2D eigenvalue weighted by Crippen LogP contribution is 2.44. The molecule has 0 amide bonds. The lowest BCUT2D eigenvalue weighted by Gasteiger charge is -2.52. The molecule has 0 spiro atoms. The average Bonchev–Trinajstić information content (AvgIpc) is 2.71. The van der Waals surface area contributed by atoms with E-state index in [1.165, 1.54) is 37.5 Å². The zero-order valence-electron chi connectivity index (χ0n) is 16.4. The highest BCUT2D eigenvalue weighted by Gasteiger charge is 2.57. The number of sulfonamides is 1. The van der Waals surface area contributed by atoms with Crippen molar-refractivity contribution in [3.63, 3.8) is 0 Å². The van der Waals surface area contributed by atoms with Gasteiger partial charge in [0.1, 0.15) is 28.2 Å². The molecule has 2 aliphatic heterocycles. The van der Waals surface area contributed by atoms with E-state index in [4.69, 9.17) is 9.47 Å². The van der Waals surface area contributed by atoms with E-state index in [0.717, 1.165) is 10.4 Å². The van der Waals surface area contributed by atoms with Gasteiger partial charge in [0.15, 0.2) is 5.82 Å². The SMILES string of the molecule is C=C1N[C@@]2(c3cc(Oc4ncccc4F)ccc3F)CO[C@@H](C)C[C@H]2S(=O)(=O)N1C. The van der Waals surface area contributed by atoms with Crippen molar-refractivity contribution in [2.45, 2.75) is 30.2 Å². The number of nitrogens with one attached hydrogen (secondary N) is 1. The number of pyridine rings is 1. The summed E-state index contributed by atoms with van der Waals surface area (Å²) in [7, 11) is -2.44. The Hall–Kier alpha value is -2.72. The van der Waals surface area contributed by atoms with E-state index in [2.05, 4.69) is 16.9 Å². The second kappa shape index (κ2) is 7.21. The maximum atomic E-state index is 15.0. The molecule has 4 rings (SSSR count). The van der Waals surface area contributed by atoms with E-state index in [0.29, 0.717) is 0 Å². The van der Waals surface area contributed by atoms with Gasteiger partial charge >= 0.3 is 0 Å². The minimum absolute atomic E-state index is 0.0334. The van der Waals surface area contributed by atoms with E-state index in [-0.39, 0.29) is 42.1 Å². The smallest absolute Gasteiger partial charge is 0.255 e. The van der Waals surface area contributed by atoms with Crippen LogP contribution in [0.15, 0.2) is 48.9 Å². The van der Waals surface area contributed by atoms with Gasteiger partial charge in [-0.15, -0.1) is 0 Å². The van der Waals surface area contributed by atoms with E-state index in [9.17, 15) is 12.8 Å². The van der Waals surface area contributed by atoms with E-state index >= 15 is 4.39 Å². The molecule has 0 bridgehead atoms. The van der Waals surface area contributed by atoms with Crippen molar-refractivity contribution >= 4 is 10.0 Å². The van der Waals surface area contributed by atoms with Gasteiger partial charge in [0.05, 0.1) is 12.7 Å². The molecule has 2 fully saturated rings. The van der Waals surface area contributed by atoms with Crippen molar-refractivity contribution < 1.29 is 26.7 Å². The average molecular weight is 437 g/mol. The number of hydrogen-bond donors (Lipinski definition) is 1. The molecule has 3 atom stereocenters. The number of aromatic nitrogens is 1. The summed E-state index contributed by atoms with van der Waals surface area (Å²) >= 11 is 0. The molecule has 160 valence electrons. The molecule has 1 N–H and O–H groups in total. The van der Waals surface area contributed by atoms with Gasteiger partial charge in [0, 0.05) is 18.8 Å². The Morgan fingerprint density at radius 2 is 2.10 bits per heavy atom. The number of halogens is 2. The van der Waals surface area contributed by atoms with Gasteiger partial charge in [-0.05, 0) is 43.7 Å². The predicted octanol–water partition coefficient (Wildman–Crippen LogP) is 2.86. The molecule has 2 aliphatic rings. The quantitative estimate of drug-likeness (QED) is 0.796. The summed E-state index contributed by atoms with van der Waals surface area (Å²) in [5.74, 6) is -1.38. The van der Waals surface area contributed by atoms with Crippen LogP contribution in [-0.4, -0.2) is 42.7 Å². The topological polar surface area (TPSA) is 80.8 Å². The highest BCUT2D eigenvalue weighted by molar-refractivity contribution is 7.90. The van der Waals surface area contributed by atoms with E-state index in [1.54, 1.807) is 6.92 Å². The van der Waals surface area contributed by atoms with Gasteiger partial charge in [-0.1, -0.05) is 6.58 Å². The van der Waals surface area contributed by atoms with Crippen molar-refractivity contribution in [1.29, 1.82) is 0 Å². The Morgan fingerprint density at radius 3 is 2.83 bits per heavy atom. The van der Waals surface area contributed by atoms with Crippen LogP contribution in [0, 0.1) is 11.6 Å². The van der Waals surface area contributed by atoms with Gasteiger partial charge in [0.25, 0.3) is 5.88 Å². The van der Waals surface area contributed by atoms with Crippen LogP contribution >= 0.6 is 0 Å². The molecule has 7 nitrogen and oxygen atoms in total. The predicted molar refractivity (Wildman–Crippen MR) is 105 cm³/mol. The second-order valence-corrected chi connectivity index (χ2v) is 9.58. The van der Waals surface area contributed by atoms with Crippen LogP contribution in [0.25, 0.3) is 0 Å². The largest absolute Gasteiger partial charge is 0.436 e. The van der Waals surface area contributed by atoms with E-state index < -0.39 is 32.4 Å². The summed E-state index contributed by atoms with van der Waals surface area (Å²) in [6.07, 6.45) is 1.19. The van der Waals surface area contributed by atoms with Crippen molar-refractivity contribution in [3.8, 4) is 11.6 Å². The van der Waals surface area contributed by atoms with Crippen molar-refractivity contribution in [2.75, 3.05) is 13.7 Å². The van der Waals surface area contributed by atoms with Crippen LogP contribution < -0.4 is 10.1 Å². The number of hydrogen-bond acceptors (Lipinski definition) is 6. The first-order chi connectivity index (χ1) is 14.1. The third kappa shape index (κ3) is 3.20. The van der Waals surface area contributed by atoms with Crippen molar-refractivity contribution in [1.82, 2.24) is 14.6 Å². The molecule has 1 aromatic carbocycles. The van der Waals surface area contributed by atoms with Gasteiger partial charge < -0.3 is 14.8 Å². The molecule has 10 heteroatoms. The van der Waals surface area contributed by atoms with Crippen molar-refractivity contribution in [2.24, 2.45) is 0 Å². The number of benzene rings is 1. The van der Waals surface area contributed by atoms with Crippen LogP contribution in [0.3, 0.4) is 0 Å². The first-order valence-electron chi connectivity index (χ1n) is 9.30. The fourth-order valence-corrected chi connectivity index (χ4v) is 5.91. The fraction of sp³-hybridized carbons (Fsp3) is 0.350. The Balaban J connectivity index is 1.83. The summed E-state index contributed by atoms with van der Waals surface area (Å²) in [4.78, 5) is 3.82. The summed E-state index contributed by atoms with van der Waals surface area (Å²) in [5.41, 5.74) is -1.38. The first kappa shape index (κ1) is 20.5. The number of fused-ring (bicyclic) bond motifs is 1. The van der Waals surface area contributed by atoms with Crippen LogP contribution in [0.2, 0.25) is 0 Å². The summed E-state index contributed by atoms with van der Waals surface area (Å²) in [6.45, 7) is 5.44. The van der Waals surface area contributed by atoms with Gasteiger partial charge in [0.2, 0.25) is 10.0 Å². The van der Waals surface area contributed by atoms with Crippen LogP contribution in [0.1, 0.15) is 18.9 Å². The maximum absolute atomic E-state index is 15.0. The lowest BCUT2D eigenvalue weighted by Crippen LogP contribution is -2.68. The highest BCUT2D eigenvalue weighted by atomic mass is 32.2. The Kier molecular flexibility index (Phi) is 4.94. The zero-order valence-corrected chi connectivity index (χ0v) is 17.2. The Morgan fingerprint density at radius 1 is 1.33 bits per heavy atom. The zero-order chi connectivity index (χ0) is 21.7. The molecular weight excluding hydrogens is 416 g/mol. The fourth-order valence-electron chi connectivity index (χ4n) is 3.90. The molecule has 30 heavy (non-hydrogen) atoms. The molecule has 0 unspecified atom stereocenters. The molecule has 1 aromatic heterocycles. The first-order valence-corrected chi connectivity index (χ1v) is 10.8. The lowest BCUT2D eigenvalue weighted by molar-refractivity contribution is -0.0338. The molecule has 2 saturated heterocycles.